The Labute approximate surface area is 98.2 Å². The van der Waals surface area contributed by atoms with E-state index in [2.05, 4.69) is 42.2 Å². The summed E-state index contributed by atoms with van der Waals surface area (Å²) in [5.74, 6) is 0. The minimum absolute atomic E-state index is 1.23. The van der Waals surface area contributed by atoms with Crippen molar-refractivity contribution in [3.05, 3.63) is 66.5 Å². The topological polar surface area (TPSA) is 12.9 Å². The van der Waals surface area contributed by atoms with E-state index in [9.17, 15) is 0 Å². The summed E-state index contributed by atoms with van der Waals surface area (Å²) in [6.07, 6.45) is 7.33. The van der Waals surface area contributed by atoms with E-state index in [1.54, 1.807) is 12.4 Å². The fourth-order valence-corrected chi connectivity index (χ4v) is 1.34. The van der Waals surface area contributed by atoms with Crippen LogP contribution in [-0.4, -0.2) is 4.98 Å². The van der Waals surface area contributed by atoms with Crippen LogP contribution in [-0.2, 0) is 6.42 Å². The van der Waals surface area contributed by atoms with Gasteiger partial charge in [-0.1, -0.05) is 49.7 Å². The first-order valence-corrected chi connectivity index (χ1v) is 5.82. The fourth-order valence-electron chi connectivity index (χ4n) is 1.34. The molecule has 84 valence electrons. The standard InChI is InChI=1S/C10H14.C5H5N/c1-2-3-7-10-8-5-4-6-9-10;1-2-4-6-5-3-1/h4-6,8-9H,2-3,7H2,1H3;1-5H. The Balaban J connectivity index is 0.000000181. The number of nitrogens with zero attached hydrogens (tertiary/aromatic N) is 1. The van der Waals surface area contributed by atoms with Gasteiger partial charge in [0.15, 0.2) is 0 Å². The molecule has 0 saturated carbocycles. The second-order valence-corrected chi connectivity index (χ2v) is 3.61. The minimum atomic E-state index is 1.23. The molecule has 0 atom stereocenters. The first-order chi connectivity index (χ1) is 7.93. The highest BCUT2D eigenvalue weighted by Crippen LogP contribution is 2.03. The van der Waals surface area contributed by atoms with E-state index in [-0.39, 0.29) is 0 Å². The van der Waals surface area contributed by atoms with E-state index in [0.717, 1.165) is 0 Å². The van der Waals surface area contributed by atoms with Gasteiger partial charge in [0.05, 0.1) is 0 Å². The minimum Gasteiger partial charge on any atom is -0.265 e. The molecule has 0 saturated heterocycles. The number of pyridine rings is 1. The van der Waals surface area contributed by atoms with Crippen LogP contribution in [0.1, 0.15) is 25.3 Å². The van der Waals surface area contributed by atoms with Gasteiger partial charge in [-0.15, -0.1) is 0 Å². The number of hydrogen-bond donors (Lipinski definition) is 0. The summed E-state index contributed by atoms with van der Waals surface area (Å²) in [7, 11) is 0. The maximum Gasteiger partial charge on any atom is 0.0267 e. The van der Waals surface area contributed by atoms with Crippen molar-refractivity contribution >= 4 is 0 Å². The molecule has 0 aliphatic heterocycles. The largest absolute Gasteiger partial charge is 0.265 e. The third-order valence-electron chi connectivity index (χ3n) is 2.23. The Hall–Kier alpha value is -1.63. The molecule has 1 nitrogen and oxygen atoms in total. The molecule has 2 rings (SSSR count). The fraction of sp³-hybridized carbons (Fsp3) is 0.267. The quantitative estimate of drug-likeness (QED) is 0.747. The maximum absolute atomic E-state index is 3.78. The molecule has 16 heavy (non-hydrogen) atoms. The molecular weight excluding hydrogens is 194 g/mol. The van der Waals surface area contributed by atoms with Crippen LogP contribution in [0.2, 0.25) is 0 Å². The van der Waals surface area contributed by atoms with Crippen molar-refractivity contribution in [3.8, 4) is 0 Å². The number of aryl methyl sites for hydroxylation is 1. The van der Waals surface area contributed by atoms with Gasteiger partial charge < -0.3 is 0 Å². The maximum atomic E-state index is 3.78. The Kier molecular flexibility index (Phi) is 6.73. The molecule has 1 heterocycles. The van der Waals surface area contributed by atoms with Crippen LogP contribution in [0.15, 0.2) is 60.9 Å². The third-order valence-corrected chi connectivity index (χ3v) is 2.23. The zero-order chi connectivity index (χ0) is 11.5. The molecule has 0 fully saturated rings. The number of rotatable bonds is 3. The van der Waals surface area contributed by atoms with Gasteiger partial charge in [0.2, 0.25) is 0 Å². The predicted octanol–water partition coefficient (Wildman–Crippen LogP) is 4.11. The molecule has 1 aromatic heterocycles. The van der Waals surface area contributed by atoms with Gasteiger partial charge in [0.1, 0.15) is 0 Å². The molecule has 0 aliphatic carbocycles. The van der Waals surface area contributed by atoms with E-state index >= 15 is 0 Å². The molecule has 0 amide bonds. The number of aromatic nitrogens is 1. The second kappa shape index (κ2) is 8.66. The summed E-state index contributed by atoms with van der Waals surface area (Å²) < 4.78 is 0. The van der Waals surface area contributed by atoms with Gasteiger partial charge in [-0.05, 0) is 30.5 Å². The smallest absolute Gasteiger partial charge is 0.0267 e. The first-order valence-electron chi connectivity index (χ1n) is 5.82. The van der Waals surface area contributed by atoms with Crippen molar-refractivity contribution in [2.45, 2.75) is 26.2 Å². The summed E-state index contributed by atoms with van der Waals surface area (Å²) in [6, 6.07) is 16.4. The van der Waals surface area contributed by atoms with Crippen LogP contribution in [0.25, 0.3) is 0 Å². The van der Waals surface area contributed by atoms with Gasteiger partial charge >= 0.3 is 0 Å². The average molecular weight is 213 g/mol. The van der Waals surface area contributed by atoms with Crippen LogP contribution >= 0.6 is 0 Å². The van der Waals surface area contributed by atoms with Gasteiger partial charge in [-0.25, -0.2) is 0 Å². The summed E-state index contributed by atoms with van der Waals surface area (Å²) in [4.78, 5) is 3.78. The van der Waals surface area contributed by atoms with E-state index in [1.165, 1.54) is 24.8 Å². The van der Waals surface area contributed by atoms with Crippen LogP contribution in [0, 0.1) is 0 Å². The highest BCUT2D eigenvalue weighted by atomic mass is 14.6. The summed E-state index contributed by atoms with van der Waals surface area (Å²) in [5, 5.41) is 0. The number of hydrogen-bond acceptors (Lipinski definition) is 1. The molecule has 0 bridgehead atoms. The molecule has 1 aromatic carbocycles. The molecule has 0 radical (unpaired) electrons. The number of benzene rings is 1. The Morgan fingerprint density at radius 2 is 1.50 bits per heavy atom. The van der Waals surface area contributed by atoms with Gasteiger partial charge in [-0.3, -0.25) is 4.98 Å². The lowest BCUT2D eigenvalue weighted by molar-refractivity contribution is 0.795. The summed E-state index contributed by atoms with van der Waals surface area (Å²) in [5.41, 5.74) is 1.46. The van der Waals surface area contributed by atoms with Crippen molar-refractivity contribution in [3.63, 3.8) is 0 Å². The van der Waals surface area contributed by atoms with Crippen molar-refractivity contribution in [1.82, 2.24) is 4.98 Å². The Morgan fingerprint density at radius 1 is 0.875 bits per heavy atom. The van der Waals surface area contributed by atoms with E-state index < -0.39 is 0 Å². The van der Waals surface area contributed by atoms with Gasteiger partial charge in [0.25, 0.3) is 0 Å². The molecule has 0 unspecified atom stereocenters. The van der Waals surface area contributed by atoms with Crippen LogP contribution in [0.3, 0.4) is 0 Å². The molecular formula is C15H19N. The van der Waals surface area contributed by atoms with E-state index in [4.69, 9.17) is 0 Å². The average Bonchev–Trinajstić information content (AvgIpc) is 2.40. The van der Waals surface area contributed by atoms with Crippen molar-refractivity contribution in [1.29, 1.82) is 0 Å². The molecule has 0 N–H and O–H groups in total. The molecule has 0 aliphatic rings. The Bertz CT molecular complexity index is 316. The van der Waals surface area contributed by atoms with Crippen LogP contribution in [0.5, 0.6) is 0 Å². The number of unbranched alkanes of at least 4 members (excludes halogenated alkanes) is 1. The summed E-state index contributed by atoms with van der Waals surface area (Å²) >= 11 is 0. The lowest BCUT2D eigenvalue weighted by Crippen LogP contribution is -1.81. The molecule has 1 heteroatoms. The zero-order valence-corrected chi connectivity index (χ0v) is 9.84. The lowest BCUT2D eigenvalue weighted by Gasteiger charge is -1.96. The normalized spacial score (nSPS) is 9.06. The van der Waals surface area contributed by atoms with Gasteiger partial charge in [0, 0.05) is 12.4 Å². The van der Waals surface area contributed by atoms with Crippen molar-refractivity contribution in [2.24, 2.45) is 0 Å². The van der Waals surface area contributed by atoms with Crippen molar-refractivity contribution < 1.29 is 0 Å². The molecule has 2 aromatic rings. The summed E-state index contributed by atoms with van der Waals surface area (Å²) in [6.45, 7) is 2.23. The predicted molar refractivity (Wildman–Crippen MR) is 69.3 cm³/mol. The van der Waals surface area contributed by atoms with Crippen LogP contribution in [0.4, 0.5) is 0 Å². The highest BCUT2D eigenvalue weighted by Gasteiger charge is 1.87. The second-order valence-electron chi connectivity index (χ2n) is 3.61. The SMILES string of the molecule is CCCCc1ccccc1.c1ccncc1. The van der Waals surface area contributed by atoms with Gasteiger partial charge in [-0.2, -0.15) is 0 Å². The lowest BCUT2D eigenvalue weighted by atomic mass is 10.1. The zero-order valence-electron chi connectivity index (χ0n) is 9.84. The first kappa shape index (κ1) is 12.4. The Morgan fingerprint density at radius 3 is 1.94 bits per heavy atom. The van der Waals surface area contributed by atoms with E-state index in [0.29, 0.717) is 0 Å². The van der Waals surface area contributed by atoms with E-state index in [1.807, 2.05) is 18.2 Å². The third kappa shape index (κ3) is 5.97. The highest BCUT2D eigenvalue weighted by molar-refractivity contribution is 5.14. The molecule has 0 spiro atoms. The monoisotopic (exact) mass is 213 g/mol. The van der Waals surface area contributed by atoms with Crippen LogP contribution < -0.4 is 0 Å². The van der Waals surface area contributed by atoms with Crippen molar-refractivity contribution in [2.75, 3.05) is 0 Å².